The van der Waals surface area contributed by atoms with E-state index in [2.05, 4.69) is 10.5 Å². The lowest BCUT2D eigenvalue weighted by molar-refractivity contribution is 0.0734. The van der Waals surface area contributed by atoms with Crippen molar-refractivity contribution in [2.75, 3.05) is 0 Å². The van der Waals surface area contributed by atoms with Gasteiger partial charge in [-0.2, -0.15) is 5.10 Å². The van der Waals surface area contributed by atoms with Crippen molar-refractivity contribution in [3.8, 4) is 5.75 Å². The first-order valence-electron chi connectivity index (χ1n) is 9.80. The van der Waals surface area contributed by atoms with Gasteiger partial charge in [0.05, 0.1) is 11.8 Å². The lowest BCUT2D eigenvalue weighted by atomic mass is 10.1. The highest BCUT2D eigenvalue weighted by atomic mass is 16.5. The molecule has 0 radical (unpaired) electrons. The van der Waals surface area contributed by atoms with Crippen molar-refractivity contribution in [2.24, 2.45) is 5.10 Å². The first-order chi connectivity index (χ1) is 15.1. The van der Waals surface area contributed by atoms with Gasteiger partial charge in [-0.05, 0) is 54.1 Å². The van der Waals surface area contributed by atoms with Gasteiger partial charge < -0.3 is 4.74 Å². The maximum atomic E-state index is 12.4. The first-order valence-corrected chi connectivity index (χ1v) is 9.80. The molecule has 0 bridgehead atoms. The number of para-hydroxylation sites is 1. The third kappa shape index (κ3) is 4.85. The van der Waals surface area contributed by atoms with E-state index in [0.29, 0.717) is 22.4 Å². The summed E-state index contributed by atoms with van der Waals surface area (Å²) in [6.45, 7) is 1.95. The fourth-order valence-corrected chi connectivity index (χ4v) is 3.08. The predicted molar refractivity (Wildman–Crippen MR) is 122 cm³/mol. The second-order valence-electron chi connectivity index (χ2n) is 7.05. The molecule has 0 atom stereocenters. The Labute approximate surface area is 180 Å². The van der Waals surface area contributed by atoms with Gasteiger partial charge in [0.25, 0.3) is 5.91 Å². The highest BCUT2D eigenvalue weighted by molar-refractivity contribution is 5.99. The van der Waals surface area contributed by atoms with E-state index in [1.165, 1.54) is 6.21 Å². The number of nitrogens with zero attached hydrogens (tertiary/aromatic N) is 1. The van der Waals surface area contributed by atoms with E-state index in [1.807, 2.05) is 55.5 Å². The van der Waals surface area contributed by atoms with Crippen molar-refractivity contribution in [3.05, 3.63) is 113 Å². The standard InChI is InChI=1S/C26H20N2O3/c1-18-10-12-20(13-11-18)26(30)31-24-9-5-4-8-23(24)17-27-28-25(29)22-15-14-19-6-2-3-7-21(19)16-22/h2-17H,1H3,(H,28,29)/b27-17-. The zero-order valence-electron chi connectivity index (χ0n) is 16.9. The normalized spacial score (nSPS) is 10.9. The van der Waals surface area contributed by atoms with Crippen LogP contribution in [0.5, 0.6) is 5.75 Å². The Morgan fingerprint density at radius 2 is 1.48 bits per heavy atom. The van der Waals surface area contributed by atoms with Crippen LogP contribution in [0, 0.1) is 6.92 Å². The van der Waals surface area contributed by atoms with E-state index in [-0.39, 0.29) is 5.91 Å². The van der Waals surface area contributed by atoms with Gasteiger partial charge in [-0.15, -0.1) is 0 Å². The topological polar surface area (TPSA) is 67.8 Å². The van der Waals surface area contributed by atoms with Gasteiger partial charge in [0, 0.05) is 11.1 Å². The van der Waals surface area contributed by atoms with Gasteiger partial charge >= 0.3 is 5.97 Å². The van der Waals surface area contributed by atoms with Crippen LogP contribution >= 0.6 is 0 Å². The number of nitrogens with one attached hydrogen (secondary N) is 1. The molecule has 4 aromatic rings. The number of carbonyl (C=O) groups excluding carboxylic acids is 2. The summed E-state index contributed by atoms with van der Waals surface area (Å²) in [5.74, 6) is -0.422. The average Bonchev–Trinajstić information content (AvgIpc) is 2.80. The molecule has 0 spiro atoms. The summed E-state index contributed by atoms with van der Waals surface area (Å²) < 4.78 is 5.52. The van der Waals surface area contributed by atoms with Crippen LogP contribution in [0.2, 0.25) is 0 Å². The SMILES string of the molecule is Cc1ccc(C(=O)Oc2ccccc2/C=N\NC(=O)c2ccc3ccccc3c2)cc1. The maximum Gasteiger partial charge on any atom is 0.343 e. The van der Waals surface area contributed by atoms with Crippen LogP contribution < -0.4 is 10.2 Å². The third-order valence-corrected chi connectivity index (χ3v) is 4.79. The first kappa shape index (κ1) is 20.0. The molecule has 0 heterocycles. The van der Waals surface area contributed by atoms with Crippen LogP contribution in [-0.2, 0) is 0 Å². The number of benzene rings is 4. The number of carbonyl (C=O) groups is 2. The lowest BCUT2D eigenvalue weighted by Crippen LogP contribution is -2.17. The van der Waals surface area contributed by atoms with Crippen molar-refractivity contribution in [2.45, 2.75) is 6.92 Å². The predicted octanol–water partition coefficient (Wildman–Crippen LogP) is 5.13. The molecule has 0 aliphatic heterocycles. The molecule has 5 heteroatoms. The van der Waals surface area contributed by atoms with Crippen molar-refractivity contribution in [1.82, 2.24) is 5.43 Å². The lowest BCUT2D eigenvalue weighted by Gasteiger charge is -2.07. The Kier molecular flexibility index (Phi) is 5.85. The van der Waals surface area contributed by atoms with Crippen LogP contribution in [0.4, 0.5) is 0 Å². The number of hydrazone groups is 1. The van der Waals surface area contributed by atoms with E-state index in [4.69, 9.17) is 4.74 Å². The molecule has 4 rings (SSSR count). The Balaban J connectivity index is 1.45. The monoisotopic (exact) mass is 408 g/mol. The van der Waals surface area contributed by atoms with E-state index < -0.39 is 5.97 Å². The van der Waals surface area contributed by atoms with Crippen molar-refractivity contribution in [3.63, 3.8) is 0 Å². The Morgan fingerprint density at radius 1 is 0.806 bits per heavy atom. The zero-order valence-corrected chi connectivity index (χ0v) is 16.9. The number of hydrogen-bond donors (Lipinski definition) is 1. The second kappa shape index (κ2) is 9.05. The van der Waals surface area contributed by atoms with Crippen molar-refractivity contribution in [1.29, 1.82) is 0 Å². The van der Waals surface area contributed by atoms with Crippen LogP contribution in [0.3, 0.4) is 0 Å². The van der Waals surface area contributed by atoms with Crippen LogP contribution in [-0.4, -0.2) is 18.1 Å². The summed E-state index contributed by atoms with van der Waals surface area (Å²) in [7, 11) is 0. The number of rotatable bonds is 5. The molecule has 0 aliphatic carbocycles. The summed E-state index contributed by atoms with van der Waals surface area (Å²) in [6, 6.07) is 27.4. The number of aryl methyl sites for hydroxylation is 1. The molecule has 0 aliphatic rings. The molecular weight excluding hydrogens is 388 g/mol. The highest BCUT2D eigenvalue weighted by Gasteiger charge is 2.11. The van der Waals surface area contributed by atoms with E-state index >= 15 is 0 Å². The van der Waals surface area contributed by atoms with Gasteiger partial charge in [-0.25, -0.2) is 10.2 Å². The van der Waals surface area contributed by atoms with Gasteiger partial charge in [0.15, 0.2) is 0 Å². The highest BCUT2D eigenvalue weighted by Crippen LogP contribution is 2.18. The molecule has 0 saturated heterocycles. The Bertz CT molecular complexity index is 1280. The number of fused-ring (bicyclic) bond motifs is 1. The van der Waals surface area contributed by atoms with Crippen LogP contribution in [0.25, 0.3) is 10.8 Å². The number of ether oxygens (including phenoxy) is 1. The molecule has 31 heavy (non-hydrogen) atoms. The number of amides is 1. The smallest absolute Gasteiger partial charge is 0.343 e. The molecule has 0 saturated carbocycles. The molecule has 0 fully saturated rings. The zero-order chi connectivity index (χ0) is 21.6. The minimum Gasteiger partial charge on any atom is -0.422 e. The molecule has 5 nitrogen and oxygen atoms in total. The van der Waals surface area contributed by atoms with Crippen LogP contribution in [0.1, 0.15) is 31.8 Å². The fourth-order valence-electron chi connectivity index (χ4n) is 3.08. The minimum absolute atomic E-state index is 0.323. The third-order valence-electron chi connectivity index (χ3n) is 4.79. The summed E-state index contributed by atoms with van der Waals surface area (Å²) in [6.07, 6.45) is 1.46. The fraction of sp³-hybridized carbons (Fsp3) is 0.0385. The summed E-state index contributed by atoms with van der Waals surface area (Å²) >= 11 is 0. The molecule has 4 aromatic carbocycles. The maximum absolute atomic E-state index is 12.4. The minimum atomic E-state index is -0.457. The van der Waals surface area contributed by atoms with Crippen LogP contribution in [0.15, 0.2) is 96.1 Å². The Morgan fingerprint density at radius 3 is 2.29 bits per heavy atom. The second-order valence-corrected chi connectivity index (χ2v) is 7.05. The Hall–Kier alpha value is -4.25. The summed E-state index contributed by atoms with van der Waals surface area (Å²) in [5, 5.41) is 6.08. The van der Waals surface area contributed by atoms with E-state index in [1.54, 1.807) is 42.5 Å². The van der Waals surface area contributed by atoms with E-state index in [9.17, 15) is 9.59 Å². The van der Waals surface area contributed by atoms with Crippen molar-refractivity contribution < 1.29 is 14.3 Å². The largest absolute Gasteiger partial charge is 0.422 e. The van der Waals surface area contributed by atoms with Crippen molar-refractivity contribution >= 4 is 28.9 Å². The van der Waals surface area contributed by atoms with E-state index in [0.717, 1.165) is 16.3 Å². The molecule has 1 amide bonds. The molecule has 0 unspecified atom stereocenters. The average molecular weight is 408 g/mol. The molecular formula is C26H20N2O3. The number of esters is 1. The van der Waals surface area contributed by atoms with Gasteiger partial charge in [-0.3, -0.25) is 4.79 Å². The quantitative estimate of drug-likeness (QED) is 0.215. The summed E-state index contributed by atoms with van der Waals surface area (Å²) in [5.41, 5.74) is 5.12. The molecule has 152 valence electrons. The summed E-state index contributed by atoms with van der Waals surface area (Å²) in [4.78, 5) is 24.9. The number of hydrogen-bond acceptors (Lipinski definition) is 4. The van der Waals surface area contributed by atoms with Gasteiger partial charge in [0.2, 0.25) is 0 Å². The molecule has 0 aromatic heterocycles. The van der Waals surface area contributed by atoms with Gasteiger partial charge in [0.1, 0.15) is 5.75 Å². The molecule has 1 N–H and O–H groups in total. The van der Waals surface area contributed by atoms with Gasteiger partial charge in [-0.1, -0.05) is 60.2 Å².